The molecule has 3 atom stereocenters. The Morgan fingerprint density at radius 2 is 2.10 bits per heavy atom. The molecule has 0 radical (unpaired) electrons. The highest BCUT2D eigenvalue weighted by molar-refractivity contribution is 5.96. The van der Waals surface area contributed by atoms with Crippen molar-refractivity contribution >= 4 is 5.78 Å². The van der Waals surface area contributed by atoms with Crippen LogP contribution < -0.4 is 0 Å². The predicted molar refractivity (Wildman–Crippen MR) is 72.5 cm³/mol. The molecule has 0 aromatic heterocycles. The van der Waals surface area contributed by atoms with Crippen LogP contribution in [0.15, 0.2) is 11.6 Å². The molecule has 0 aromatic rings. The topological polar surface area (TPSA) is 74.2 Å². The van der Waals surface area contributed by atoms with Gasteiger partial charge in [0.15, 0.2) is 17.7 Å². The second kappa shape index (κ2) is 6.14. The summed E-state index contributed by atoms with van der Waals surface area (Å²) in [7, 11) is 1.52. The van der Waals surface area contributed by atoms with Crippen molar-refractivity contribution in [2.75, 3.05) is 20.5 Å². The van der Waals surface area contributed by atoms with E-state index in [1.165, 1.54) is 13.2 Å². The van der Waals surface area contributed by atoms with Crippen molar-refractivity contribution in [1.29, 1.82) is 0 Å². The van der Waals surface area contributed by atoms with Crippen LogP contribution in [0.25, 0.3) is 0 Å². The summed E-state index contributed by atoms with van der Waals surface area (Å²) >= 11 is 0. The number of hydrogen-bond donors (Lipinski definition) is 1. The van der Waals surface area contributed by atoms with E-state index < -0.39 is 24.1 Å². The maximum atomic E-state index is 12.2. The molecule has 3 aliphatic rings. The molecule has 1 N–H and O–H groups in total. The second-order valence-electron chi connectivity index (χ2n) is 5.91. The highest BCUT2D eigenvalue weighted by Crippen LogP contribution is 2.43. The number of carbonyl (C=O) groups excluding carboxylic acids is 1. The van der Waals surface area contributed by atoms with Gasteiger partial charge in [0.25, 0.3) is 0 Å². The van der Waals surface area contributed by atoms with Crippen molar-refractivity contribution in [3.8, 4) is 0 Å². The number of rotatable bonds is 4. The largest absolute Gasteiger partial charge is 0.386 e. The molecule has 0 unspecified atom stereocenters. The van der Waals surface area contributed by atoms with Crippen LogP contribution in [0.1, 0.15) is 32.1 Å². The Labute approximate surface area is 124 Å². The lowest BCUT2D eigenvalue weighted by Gasteiger charge is -2.32. The van der Waals surface area contributed by atoms with Gasteiger partial charge in [0.05, 0.1) is 6.61 Å². The van der Waals surface area contributed by atoms with Gasteiger partial charge in [-0.2, -0.15) is 0 Å². The van der Waals surface area contributed by atoms with Gasteiger partial charge < -0.3 is 24.1 Å². The van der Waals surface area contributed by atoms with Gasteiger partial charge in [0, 0.05) is 20.0 Å². The maximum absolute atomic E-state index is 12.2. The summed E-state index contributed by atoms with van der Waals surface area (Å²) in [5, 5.41) is 10.4. The van der Waals surface area contributed by atoms with Crippen LogP contribution in [-0.2, 0) is 23.7 Å². The summed E-state index contributed by atoms with van der Waals surface area (Å²) < 4.78 is 21.9. The van der Waals surface area contributed by atoms with Crippen LogP contribution in [0.2, 0.25) is 0 Å². The molecule has 1 saturated carbocycles. The lowest BCUT2D eigenvalue weighted by Crippen LogP contribution is -2.45. The third kappa shape index (κ3) is 2.91. The standard InChI is InChI=1S/C15H22O6/c1-18-9-19-8-10-7-11(16)13-14(12(10)17)21-15(20-13)5-3-2-4-6-15/h7,12-14,17H,2-6,8-9H2,1H3/t12-,13-,14+/m1/s1. The first-order valence-corrected chi connectivity index (χ1v) is 7.50. The molecule has 0 aromatic carbocycles. The first-order chi connectivity index (χ1) is 10.2. The molecule has 0 amide bonds. The summed E-state index contributed by atoms with van der Waals surface area (Å²) in [6.07, 6.45) is 4.03. The SMILES string of the molecule is COCOCC1=CC(=O)[C@H]2OC3(CCCCC3)O[C@H]2[C@@H]1O. The molecule has 2 aliphatic carbocycles. The van der Waals surface area contributed by atoms with Gasteiger partial charge in [-0.15, -0.1) is 0 Å². The average molecular weight is 298 g/mol. The van der Waals surface area contributed by atoms with Gasteiger partial charge in [-0.3, -0.25) is 4.79 Å². The molecule has 118 valence electrons. The Kier molecular flexibility index (Phi) is 4.42. The number of aliphatic hydroxyl groups is 1. The summed E-state index contributed by atoms with van der Waals surface area (Å²) in [5.74, 6) is -0.829. The molecule has 1 aliphatic heterocycles. The van der Waals surface area contributed by atoms with Crippen LogP contribution in [-0.4, -0.2) is 55.5 Å². The van der Waals surface area contributed by atoms with Gasteiger partial charge in [-0.25, -0.2) is 0 Å². The zero-order chi connectivity index (χ0) is 14.9. The summed E-state index contributed by atoms with van der Waals surface area (Å²) in [6, 6.07) is 0. The Bertz CT molecular complexity index is 426. The number of methoxy groups -OCH3 is 1. The first-order valence-electron chi connectivity index (χ1n) is 7.50. The quantitative estimate of drug-likeness (QED) is 0.614. The highest BCUT2D eigenvalue weighted by atomic mass is 16.8. The number of ketones is 1. The minimum atomic E-state index is -0.870. The van der Waals surface area contributed by atoms with E-state index in [1.807, 2.05) is 0 Å². The number of aliphatic hydroxyl groups excluding tert-OH is 1. The average Bonchev–Trinajstić information content (AvgIpc) is 2.85. The molecule has 1 heterocycles. The van der Waals surface area contributed by atoms with Crippen LogP contribution in [0, 0.1) is 0 Å². The number of hydrogen-bond acceptors (Lipinski definition) is 6. The molecule has 3 rings (SSSR count). The lowest BCUT2D eigenvalue weighted by atomic mass is 9.91. The van der Waals surface area contributed by atoms with E-state index in [2.05, 4.69) is 0 Å². The fourth-order valence-electron chi connectivity index (χ4n) is 3.34. The molecule has 0 bridgehead atoms. The van der Waals surface area contributed by atoms with Gasteiger partial charge in [-0.05, 0) is 24.5 Å². The van der Waals surface area contributed by atoms with E-state index in [-0.39, 0.29) is 19.2 Å². The Morgan fingerprint density at radius 3 is 2.81 bits per heavy atom. The Morgan fingerprint density at radius 1 is 1.33 bits per heavy atom. The van der Waals surface area contributed by atoms with E-state index in [0.717, 1.165) is 32.1 Å². The van der Waals surface area contributed by atoms with Crippen LogP contribution >= 0.6 is 0 Å². The first kappa shape index (κ1) is 15.1. The normalized spacial score (nSPS) is 34.9. The van der Waals surface area contributed by atoms with Gasteiger partial charge in [0.1, 0.15) is 19.0 Å². The second-order valence-corrected chi connectivity index (χ2v) is 5.91. The summed E-state index contributed by atoms with van der Waals surface area (Å²) in [5.41, 5.74) is 0.523. The maximum Gasteiger partial charge on any atom is 0.187 e. The fourth-order valence-corrected chi connectivity index (χ4v) is 3.34. The molecule has 1 saturated heterocycles. The minimum Gasteiger partial charge on any atom is -0.386 e. The van der Waals surface area contributed by atoms with Gasteiger partial charge in [0.2, 0.25) is 0 Å². The van der Waals surface area contributed by atoms with E-state index >= 15 is 0 Å². The van der Waals surface area contributed by atoms with E-state index in [0.29, 0.717) is 5.57 Å². The van der Waals surface area contributed by atoms with Crippen molar-refractivity contribution < 1.29 is 28.8 Å². The van der Waals surface area contributed by atoms with Crippen molar-refractivity contribution in [2.24, 2.45) is 0 Å². The minimum absolute atomic E-state index is 0.119. The molecule has 6 nitrogen and oxygen atoms in total. The Hall–Kier alpha value is -0.790. The molecule has 6 heteroatoms. The predicted octanol–water partition coefficient (Wildman–Crippen LogP) is 0.921. The highest BCUT2D eigenvalue weighted by Gasteiger charge is 2.54. The van der Waals surface area contributed by atoms with E-state index in [4.69, 9.17) is 18.9 Å². The molecule has 21 heavy (non-hydrogen) atoms. The monoisotopic (exact) mass is 298 g/mol. The van der Waals surface area contributed by atoms with Crippen molar-refractivity contribution in [3.63, 3.8) is 0 Å². The van der Waals surface area contributed by atoms with Crippen LogP contribution in [0.3, 0.4) is 0 Å². The van der Waals surface area contributed by atoms with Crippen LogP contribution in [0.5, 0.6) is 0 Å². The van der Waals surface area contributed by atoms with Gasteiger partial charge >= 0.3 is 0 Å². The van der Waals surface area contributed by atoms with Crippen molar-refractivity contribution in [1.82, 2.24) is 0 Å². The zero-order valence-corrected chi connectivity index (χ0v) is 12.2. The van der Waals surface area contributed by atoms with E-state index in [1.54, 1.807) is 0 Å². The summed E-state index contributed by atoms with van der Waals surface area (Å²) in [6.45, 7) is 0.272. The molecular formula is C15H22O6. The zero-order valence-electron chi connectivity index (χ0n) is 12.2. The van der Waals surface area contributed by atoms with Crippen molar-refractivity contribution in [3.05, 3.63) is 11.6 Å². The van der Waals surface area contributed by atoms with E-state index in [9.17, 15) is 9.90 Å². The smallest absolute Gasteiger partial charge is 0.187 e. The number of ether oxygens (including phenoxy) is 4. The summed E-state index contributed by atoms with van der Waals surface area (Å²) in [4.78, 5) is 12.2. The van der Waals surface area contributed by atoms with Gasteiger partial charge in [-0.1, -0.05) is 6.42 Å². The number of carbonyl (C=O) groups is 1. The molecular weight excluding hydrogens is 276 g/mol. The third-order valence-electron chi connectivity index (χ3n) is 4.38. The van der Waals surface area contributed by atoms with Crippen molar-refractivity contribution in [2.45, 2.75) is 56.2 Å². The fraction of sp³-hybridized carbons (Fsp3) is 0.800. The molecule has 1 spiro atoms. The lowest BCUT2D eigenvalue weighted by molar-refractivity contribution is -0.198. The molecule has 2 fully saturated rings. The number of fused-ring (bicyclic) bond motifs is 1. The Balaban J connectivity index is 1.70. The van der Waals surface area contributed by atoms with Crippen LogP contribution in [0.4, 0.5) is 0 Å². The third-order valence-corrected chi connectivity index (χ3v) is 4.38.